The van der Waals surface area contributed by atoms with Gasteiger partial charge in [-0.1, -0.05) is 24.3 Å². The van der Waals surface area contributed by atoms with Crippen molar-refractivity contribution in [2.45, 2.75) is 32.9 Å². The van der Waals surface area contributed by atoms with Gasteiger partial charge in [0.25, 0.3) is 0 Å². The molecule has 0 aromatic heterocycles. The van der Waals surface area contributed by atoms with E-state index in [4.69, 9.17) is 10.6 Å². The Bertz CT molecular complexity index is 421. The van der Waals surface area contributed by atoms with Crippen LogP contribution in [0.2, 0.25) is 0 Å². The van der Waals surface area contributed by atoms with E-state index in [-0.39, 0.29) is 5.91 Å². The van der Waals surface area contributed by atoms with Gasteiger partial charge in [-0.25, -0.2) is 5.84 Å². The van der Waals surface area contributed by atoms with Gasteiger partial charge in [-0.15, -0.1) is 0 Å². The van der Waals surface area contributed by atoms with Crippen LogP contribution in [0.25, 0.3) is 0 Å². The third-order valence-corrected chi connectivity index (χ3v) is 3.32. The van der Waals surface area contributed by atoms with Crippen LogP contribution in [0.15, 0.2) is 24.3 Å². The van der Waals surface area contributed by atoms with E-state index in [1.165, 1.54) is 0 Å². The molecule has 0 atom stereocenters. The summed E-state index contributed by atoms with van der Waals surface area (Å²) >= 11 is 0. The van der Waals surface area contributed by atoms with Crippen LogP contribution in [0.3, 0.4) is 0 Å². The summed E-state index contributed by atoms with van der Waals surface area (Å²) in [6.07, 6.45) is 0.308. The zero-order valence-corrected chi connectivity index (χ0v) is 12.6. The number of nitrogens with two attached hydrogens (primary N) is 1. The van der Waals surface area contributed by atoms with Crippen LogP contribution in [0.1, 0.15) is 25.0 Å². The van der Waals surface area contributed by atoms with E-state index < -0.39 is 0 Å². The lowest BCUT2D eigenvalue weighted by molar-refractivity contribution is -0.120. The van der Waals surface area contributed by atoms with Gasteiger partial charge >= 0.3 is 0 Å². The quantitative estimate of drug-likeness (QED) is 0.424. The molecule has 0 aliphatic heterocycles. The highest BCUT2D eigenvalue weighted by Gasteiger charge is 2.13. The fourth-order valence-electron chi connectivity index (χ4n) is 2.06. The minimum absolute atomic E-state index is 0.176. The second-order valence-electron chi connectivity index (χ2n) is 5.07. The topological polar surface area (TPSA) is 67.6 Å². The van der Waals surface area contributed by atoms with Crippen molar-refractivity contribution >= 4 is 5.91 Å². The number of amides is 1. The van der Waals surface area contributed by atoms with Crippen LogP contribution < -0.4 is 11.3 Å². The lowest BCUT2D eigenvalue weighted by Gasteiger charge is -2.27. The Morgan fingerprint density at radius 2 is 2.00 bits per heavy atom. The van der Waals surface area contributed by atoms with Crippen molar-refractivity contribution in [1.82, 2.24) is 10.3 Å². The van der Waals surface area contributed by atoms with E-state index in [1.54, 1.807) is 7.11 Å². The molecule has 1 rings (SSSR count). The molecule has 0 radical (unpaired) electrons. The van der Waals surface area contributed by atoms with Crippen molar-refractivity contribution in [2.24, 2.45) is 5.84 Å². The molecular weight excluding hydrogens is 254 g/mol. The highest BCUT2D eigenvalue weighted by molar-refractivity contribution is 5.78. The summed E-state index contributed by atoms with van der Waals surface area (Å²) in [6, 6.07) is 8.38. The van der Waals surface area contributed by atoms with Crippen molar-refractivity contribution in [2.75, 3.05) is 20.3 Å². The minimum Gasteiger partial charge on any atom is -0.383 e. The summed E-state index contributed by atoms with van der Waals surface area (Å²) in [5, 5.41) is 0. The Morgan fingerprint density at radius 1 is 1.35 bits per heavy atom. The Morgan fingerprint density at radius 3 is 2.55 bits per heavy atom. The molecule has 1 amide bonds. The molecule has 20 heavy (non-hydrogen) atoms. The Balaban J connectivity index is 2.80. The molecule has 0 saturated carbocycles. The first kappa shape index (κ1) is 16.6. The summed E-state index contributed by atoms with van der Waals surface area (Å²) in [7, 11) is 1.71. The zero-order chi connectivity index (χ0) is 15.0. The summed E-state index contributed by atoms with van der Waals surface area (Å²) in [5.74, 6) is 4.98. The van der Waals surface area contributed by atoms with Crippen molar-refractivity contribution in [3.63, 3.8) is 0 Å². The van der Waals surface area contributed by atoms with Gasteiger partial charge in [0.15, 0.2) is 0 Å². The van der Waals surface area contributed by atoms with Gasteiger partial charge in [-0.2, -0.15) is 0 Å². The largest absolute Gasteiger partial charge is 0.383 e. The van der Waals surface area contributed by atoms with Gasteiger partial charge in [0.05, 0.1) is 13.0 Å². The second-order valence-corrected chi connectivity index (χ2v) is 5.07. The second kappa shape index (κ2) is 8.68. The SMILES string of the molecule is COCCN(Cc1ccccc1CC(=O)NN)C(C)C. The molecule has 5 heteroatoms. The Labute approximate surface area is 121 Å². The van der Waals surface area contributed by atoms with E-state index in [0.29, 0.717) is 19.1 Å². The first-order chi connectivity index (χ1) is 9.58. The molecule has 112 valence electrons. The predicted molar refractivity (Wildman–Crippen MR) is 79.9 cm³/mol. The van der Waals surface area contributed by atoms with Gasteiger partial charge in [0, 0.05) is 26.2 Å². The van der Waals surface area contributed by atoms with E-state index in [9.17, 15) is 4.79 Å². The van der Waals surface area contributed by atoms with Crippen molar-refractivity contribution < 1.29 is 9.53 Å². The molecule has 1 aromatic rings. The number of ether oxygens (including phenoxy) is 1. The van der Waals surface area contributed by atoms with E-state index in [0.717, 1.165) is 24.2 Å². The monoisotopic (exact) mass is 279 g/mol. The van der Waals surface area contributed by atoms with Crippen molar-refractivity contribution in [3.05, 3.63) is 35.4 Å². The Hall–Kier alpha value is -1.43. The number of hydrogen-bond donors (Lipinski definition) is 2. The first-order valence-electron chi connectivity index (χ1n) is 6.87. The smallest absolute Gasteiger partial charge is 0.238 e. The number of hydrazine groups is 1. The molecule has 3 N–H and O–H groups in total. The normalized spacial score (nSPS) is 11.1. The maximum Gasteiger partial charge on any atom is 0.238 e. The number of nitrogens with one attached hydrogen (secondary N) is 1. The zero-order valence-electron chi connectivity index (χ0n) is 12.6. The number of carbonyl (C=O) groups is 1. The summed E-state index contributed by atoms with van der Waals surface area (Å²) in [6.45, 7) is 6.68. The maximum atomic E-state index is 11.5. The maximum absolute atomic E-state index is 11.5. The number of rotatable bonds is 8. The molecule has 1 aromatic carbocycles. The number of hydrogen-bond acceptors (Lipinski definition) is 4. The molecule has 0 heterocycles. The molecule has 0 bridgehead atoms. The summed E-state index contributed by atoms with van der Waals surface area (Å²) in [5.41, 5.74) is 4.34. The van der Waals surface area contributed by atoms with E-state index in [2.05, 4.69) is 30.2 Å². The summed E-state index contributed by atoms with van der Waals surface area (Å²) < 4.78 is 5.15. The van der Waals surface area contributed by atoms with Crippen LogP contribution in [0.5, 0.6) is 0 Å². The third kappa shape index (κ3) is 5.28. The molecule has 0 unspecified atom stereocenters. The van der Waals surface area contributed by atoms with Gasteiger partial charge in [-0.05, 0) is 25.0 Å². The van der Waals surface area contributed by atoms with Crippen LogP contribution in [-0.2, 0) is 22.5 Å². The predicted octanol–water partition coefficient (Wildman–Crippen LogP) is 1.08. The number of carbonyl (C=O) groups excluding carboxylic acids is 1. The van der Waals surface area contributed by atoms with Crippen LogP contribution in [0.4, 0.5) is 0 Å². The molecule has 0 aliphatic carbocycles. The van der Waals surface area contributed by atoms with Gasteiger partial charge in [-0.3, -0.25) is 15.1 Å². The fraction of sp³-hybridized carbons (Fsp3) is 0.533. The van der Waals surface area contributed by atoms with Gasteiger partial charge in [0.1, 0.15) is 0 Å². The summed E-state index contributed by atoms with van der Waals surface area (Å²) in [4.78, 5) is 13.8. The average Bonchev–Trinajstić information content (AvgIpc) is 2.44. The number of benzene rings is 1. The molecule has 0 fully saturated rings. The Kier molecular flexibility index (Phi) is 7.22. The van der Waals surface area contributed by atoms with Crippen molar-refractivity contribution in [3.8, 4) is 0 Å². The van der Waals surface area contributed by atoms with Crippen LogP contribution >= 0.6 is 0 Å². The van der Waals surface area contributed by atoms with Crippen LogP contribution in [-0.4, -0.2) is 37.1 Å². The van der Waals surface area contributed by atoms with E-state index >= 15 is 0 Å². The highest BCUT2D eigenvalue weighted by Crippen LogP contribution is 2.14. The molecule has 0 saturated heterocycles. The molecule has 0 spiro atoms. The third-order valence-electron chi connectivity index (χ3n) is 3.32. The van der Waals surface area contributed by atoms with Gasteiger partial charge in [0.2, 0.25) is 5.91 Å². The molecule has 5 nitrogen and oxygen atoms in total. The van der Waals surface area contributed by atoms with Gasteiger partial charge < -0.3 is 4.74 Å². The standard InChI is InChI=1S/C15H25N3O2/c1-12(2)18(8-9-20-3)11-14-7-5-4-6-13(14)10-15(19)17-16/h4-7,12H,8-11,16H2,1-3H3,(H,17,19). The first-order valence-corrected chi connectivity index (χ1v) is 6.87. The lowest BCUT2D eigenvalue weighted by atomic mass is 10.0. The highest BCUT2D eigenvalue weighted by atomic mass is 16.5. The fourth-order valence-corrected chi connectivity index (χ4v) is 2.06. The number of nitrogens with zero attached hydrogens (tertiary/aromatic N) is 1. The number of methoxy groups -OCH3 is 1. The molecule has 0 aliphatic rings. The lowest BCUT2D eigenvalue weighted by Crippen LogP contribution is -2.34. The van der Waals surface area contributed by atoms with Crippen molar-refractivity contribution in [1.29, 1.82) is 0 Å². The van der Waals surface area contributed by atoms with E-state index in [1.807, 2.05) is 18.2 Å². The molecular formula is C15H25N3O2. The van der Waals surface area contributed by atoms with Crippen LogP contribution in [0, 0.1) is 0 Å². The minimum atomic E-state index is -0.176. The average molecular weight is 279 g/mol.